The Balaban J connectivity index is 1.81. The maximum absolute atomic E-state index is 11.4. The van der Waals surface area contributed by atoms with Crippen molar-refractivity contribution in [2.24, 2.45) is 0 Å². The number of nitrogens with zero attached hydrogens (tertiary/aromatic N) is 4. The lowest BCUT2D eigenvalue weighted by Gasteiger charge is -2.23. The van der Waals surface area contributed by atoms with Gasteiger partial charge in [-0.15, -0.1) is 0 Å². The molecule has 2 N–H and O–H groups in total. The van der Waals surface area contributed by atoms with E-state index >= 15 is 0 Å². The number of pyridine rings is 1. The number of rotatable bonds is 3. The lowest BCUT2D eigenvalue weighted by Crippen LogP contribution is -2.11. The number of halogens is 1. The number of nitro groups is 1. The first-order chi connectivity index (χ1) is 12.5. The molecule has 1 aromatic carbocycles. The Morgan fingerprint density at radius 3 is 2.73 bits per heavy atom. The molecule has 134 valence electrons. The molecule has 0 unspecified atom stereocenters. The Labute approximate surface area is 155 Å². The largest absolute Gasteiger partial charge is 0.378 e. The fourth-order valence-electron chi connectivity index (χ4n) is 3.79. The minimum Gasteiger partial charge on any atom is -0.378 e. The molecule has 26 heavy (non-hydrogen) atoms. The summed E-state index contributed by atoms with van der Waals surface area (Å²) in [6, 6.07) is 7.59. The Hall–Kier alpha value is -2.67. The van der Waals surface area contributed by atoms with Crippen LogP contribution in [0, 0.1) is 10.1 Å². The first kappa shape index (κ1) is 16.8. The minimum absolute atomic E-state index is 0.121. The first-order valence-electron chi connectivity index (χ1n) is 8.62. The van der Waals surface area contributed by atoms with Gasteiger partial charge in [0.25, 0.3) is 0 Å². The molecule has 1 fully saturated rings. The van der Waals surface area contributed by atoms with E-state index in [1.54, 1.807) is 0 Å². The highest BCUT2D eigenvalue weighted by atomic mass is 35.5. The summed E-state index contributed by atoms with van der Waals surface area (Å²) >= 11 is 5.97. The number of imidazole rings is 1. The number of anilines is 1. The topological polar surface area (TPSA) is 99.9 Å². The number of aromatic nitrogens is 3. The smallest absolute Gasteiger partial charge is 0.319 e. The lowest BCUT2D eigenvalue weighted by molar-refractivity contribution is -0.383. The highest BCUT2D eigenvalue weighted by molar-refractivity contribution is 6.30. The molecule has 2 aromatic heterocycles. The van der Waals surface area contributed by atoms with Gasteiger partial charge in [-0.25, -0.2) is 9.97 Å². The van der Waals surface area contributed by atoms with Crippen LogP contribution >= 0.6 is 11.6 Å². The Morgan fingerprint density at radius 2 is 2.00 bits per heavy atom. The van der Waals surface area contributed by atoms with Crippen LogP contribution in [0.1, 0.15) is 38.1 Å². The van der Waals surface area contributed by atoms with E-state index in [0.717, 1.165) is 23.9 Å². The molecule has 0 aliphatic heterocycles. The molecule has 8 heteroatoms. The molecule has 0 radical (unpaired) electrons. The zero-order valence-corrected chi connectivity index (χ0v) is 14.8. The minimum atomic E-state index is -0.529. The van der Waals surface area contributed by atoms with Crippen LogP contribution < -0.4 is 5.73 Å². The van der Waals surface area contributed by atoms with Crippen LogP contribution in [0.15, 0.2) is 30.6 Å². The van der Waals surface area contributed by atoms with Crippen LogP contribution in [-0.4, -0.2) is 19.5 Å². The van der Waals surface area contributed by atoms with E-state index in [2.05, 4.69) is 14.5 Å². The van der Waals surface area contributed by atoms with Crippen molar-refractivity contribution in [2.75, 3.05) is 5.73 Å². The Morgan fingerprint density at radius 1 is 1.23 bits per heavy atom. The summed E-state index contributed by atoms with van der Waals surface area (Å²) in [6.07, 6.45) is 7.96. The summed E-state index contributed by atoms with van der Waals surface area (Å²) in [7, 11) is 0. The third-order valence-corrected chi connectivity index (χ3v) is 5.22. The van der Waals surface area contributed by atoms with Crippen molar-refractivity contribution in [2.45, 2.75) is 38.1 Å². The zero-order valence-electron chi connectivity index (χ0n) is 14.1. The van der Waals surface area contributed by atoms with Gasteiger partial charge >= 0.3 is 5.69 Å². The van der Waals surface area contributed by atoms with E-state index in [1.807, 2.05) is 24.5 Å². The molecule has 0 spiro atoms. The van der Waals surface area contributed by atoms with Gasteiger partial charge in [0.1, 0.15) is 5.15 Å². The van der Waals surface area contributed by atoms with Gasteiger partial charge in [-0.3, -0.25) is 10.1 Å². The van der Waals surface area contributed by atoms with Crippen LogP contribution in [0.5, 0.6) is 0 Å². The van der Waals surface area contributed by atoms with Gasteiger partial charge < -0.3 is 10.3 Å². The van der Waals surface area contributed by atoms with Gasteiger partial charge in [-0.05, 0) is 36.6 Å². The van der Waals surface area contributed by atoms with Gasteiger partial charge in [-0.2, -0.15) is 0 Å². The maximum Gasteiger partial charge on any atom is 0.319 e. The van der Waals surface area contributed by atoms with E-state index in [1.165, 1.54) is 25.3 Å². The van der Waals surface area contributed by atoms with E-state index in [0.29, 0.717) is 17.2 Å². The molecule has 1 aliphatic carbocycles. The normalized spacial score (nSPS) is 15.4. The standard InChI is InChI=1S/C18H18ClN5O2/c19-16-9-13(17(24(25)26)18(20)22-16)11-6-7-15-14(8-11)21-10-23(15)12-4-2-1-3-5-12/h6-10,12H,1-5H2,(H2,20,22). The van der Waals surface area contributed by atoms with Crippen molar-refractivity contribution in [3.63, 3.8) is 0 Å². The molecule has 0 amide bonds. The molecule has 0 atom stereocenters. The van der Waals surface area contributed by atoms with Gasteiger partial charge in [0.2, 0.25) is 5.82 Å². The second-order valence-electron chi connectivity index (χ2n) is 6.63. The maximum atomic E-state index is 11.4. The van der Waals surface area contributed by atoms with Crippen LogP contribution in [-0.2, 0) is 0 Å². The number of nitrogen functional groups attached to an aromatic ring is 1. The summed E-state index contributed by atoms with van der Waals surface area (Å²) in [4.78, 5) is 19.2. The lowest BCUT2D eigenvalue weighted by atomic mass is 9.95. The molecule has 3 aromatic rings. The van der Waals surface area contributed by atoms with E-state index in [4.69, 9.17) is 17.3 Å². The summed E-state index contributed by atoms with van der Waals surface area (Å²) in [5, 5.41) is 11.5. The molecule has 4 rings (SSSR count). The molecular weight excluding hydrogens is 354 g/mol. The number of benzene rings is 1. The number of hydrogen-bond acceptors (Lipinski definition) is 5. The average molecular weight is 372 g/mol. The SMILES string of the molecule is Nc1nc(Cl)cc(-c2ccc3c(c2)ncn3C2CCCCC2)c1[N+](=O)[O-]. The van der Waals surface area contributed by atoms with Crippen molar-refractivity contribution >= 4 is 34.1 Å². The van der Waals surface area contributed by atoms with Gasteiger partial charge in [0.05, 0.1) is 27.8 Å². The number of fused-ring (bicyclic) bond motifs is 1. The third kappa shape index (κ3) is 2.88. The molecular formula is C18H18ClN5O2. The predicted octanol–water partition coefficient (Wildman–Crippen LogP) is 4.75. The van der Waals surface area contributed by atoms with Crippen molar-refractivity contribution in [3.8, 4) is 11.1 Å². The third-order valence-electron chi connectivity index (χ3n) is 5.02. The van der Waals surface area contributed by atoms with E-state index in [9.17, 15) is 10.1 Å². The average Bonchev–Trinajstić information content (AvgIpc) is 3.04. The van der Waals surface area contributed by atoms with Crippen LogP contribution in [0.25, 0.3) is 22.2 Å². The van der Waals surface area contributed by atoms with E-state index < -0.39 is 4.92 Å². The van der Waals surface area contributed by atoms with Gasteiger partial charge in [0.15, 0.2) is 0 Å². The fourth-order valence-corrected chi connectivity index (χ4v) is 3.99. The Kier molecular flexibility index (Phi) is 4.24. The monoisotopic (exact) mass is 371 g/mol. The second kappa shape index (κ2) is 6.57. The van der Waals surface area contributed by atoms with Gasteiger partial charge in [0, 0.05) is 6.04 Å². The molecule has 2 heterocycles. The second-order valence-corrected chi connectivity index (χ2v) is 7.02. The molecule has 7 nitrogen and oxygen atoms in total. The van der Waals surface area contributed by atoms with Crippen molar-refractivity contribution in [1.29, 1.82) is 0 Å². The van der Waals surface area contributed by atoms with Crippen molar-refractivity contribution in [1.82, 2.24) is 14.5 Å². The van der Waals surface area contributed by atoms with Crippen LogP contribution in [0.2, 0.25) is 5.15 Å². The quantitative estimate of drug-likeness (QED) is 0.407. The summed E-state index contributed by atoms with van der Waals surface area (Å²) in [5.74, 6) is -0.190. The number of hydrogen-bond donors (Lipinski definition) is 1. The highest BCUT2D eigenvalue weighted by Gasteiger charge is 2.23. The highest BCUT2D eigenvalue weighted by Crippen LogP contribution is 2.37. The van der Waals surface area contributed by atoms with Crippen molar-refractivity contribution in [3.05, 3.63) is 45.9 Å². The van der Waals surface area contributed by atoms with Crippen LogP contribution in [0.4, 0.5) is 11.5 Å². The Bertz CT molecular complexity index is 995. The summed E-state index contributed by atoms with van der Waals surface area (Å²) in [5.41, 5.74) is 8.32. The number of nitrogens with two attached hydrogens (primary N) is 1. The molecule has 0 bridgehead atoms. The predicted molar refractivity (Wildman–Crippen MR) is 101 cm³/mol. The van der Waals surface area contributed by atoms with Crippen LogP contribution in [0.3, 0.4) is 0 Å². The zero-order chi connectivity index (χ0) is 18.3. The van der Waals surface area contributed by atoms with E-state index in [-0.39, 0.29) is 16.7 Å². The van der Waals surface area contributed by atoms with Gasteiger partial charge in [-0.1, -0.05) is 36.9 Å². The fraction of sp³-hybridized carbons (Fsp3) is 0.333. The molecule has 1 saturated carbocycles. The molecule has 1 aliphatic rings. The summed E-state index contributed by atoms with van der Waals surface area (Å²) < 4.78 is 2.22. The summed E-state index contributed by atoms with van der Waals surface area (Å²) in [6.45, 7) is 0. The first-order valence-corrected chi connectivity index (χ1v) is 9.00. The van der Waals surface area contributed by atoms with Crippen molar-refractivity contribution < 1.29 is 4.92 Å². The molecule has 0 saturated heterocycles.